The number of aryl methyl sites for hydroxylation is 1. The summed E-state index contributed by atoms with van der Waals surface area (Å²) in [6.07, 6.45) is 1.63. The molecule has 2 aromatic rings. The number of hydrogen-bond acceptors (Lipinski definition) is 4. The molecule has 5 heteroatoms. The first-order valence-electron chi connectivity index (χ1n) is 5.16. The first kappa shape index (κ1) is 11.7. The Labute approximate surface area is 104 Å². The number of rotatable bonds is 3. The van der Waals surface area contributed by atoms with Crippen LogP contribution in [0.1, 0.15) is 11.4 Å². The van der Waals surface area contributed by atoms with E-state index in [0.29, 0.717) is 17.4 Å². The molecule has 0 fully saturated rings. The van der Waals surface area contributed by atoms with Crippen molar-refractivity contribution >= 4 is 17.3 Å². The monoisotopic (exact) mass is 249 g/mol. The van der Waals surface area contributed by atoms with E-state index in [1.54, 1.807) is 24.4 Å². The van der Waals surface area contributed by atoms with E-state index < -0.39 is 0 Å². The largest absolute Gasteiger partial charge is 0.506 e. The molecule has 0 atom stereocenters. The van der Waals surface area contributed by atoms with Gasteiger partial charge in [-0.15, -0.1) is 0 Å². The number of hydrogen-bond donors (Lipinski definition) is 2. The highest BCUT2D eigenvalue weighted by molar-refractivity contribution is 6.29. The Morgan fingerprint density at radius 3 is 2.82 bits per heavy atom. The summed E-state index contributed by atoms with van der Waals surface area (Å²) in [5.41, 5.74) is 2.31. The molecular weight excluding hydrogens is 238 g/mol. The van der Waals surface area contributed by atoms with E-state index in [1.165, 1.54) is 0 Å². The summed E-state index contributed by atoms with van der Waals surface area (Å²) in [7, 11) is 0. The Kier molecular flexibility index (Phi) is 3.44. The predicted molar refractivity (Wildman–Crippen MR) is 67.2 cm³/mol. The van der Waals surface area contributed by atoms with Crippen LogP contribution in [0, 0.1) is 6.92 Å². The van der Waals surface area contributed by atoms with E-state index in [4.69, 9.17) is 11.6 Å². The highest BCUT2D eigenvalue weighted by Crippen LogP contribution is 2.17. The topological polar surface area (TPSA) is 58.0 Å². The van der Waals surface area contributed by atoms with Gasteiger partial charge in [-0.3, -0.25) is 4.98 Å². The minimum absolute atomic E-state index is 0.185. The van der Waals surface area contributed by atoms with Crippen molar-refractivity contribution in [2.75, 3.05) is 5.32 Å². The summed E-state index contributed by atoms with van der Waals surface area (Å²) in [4.78, 5) is 8.20. The lowest BCUT2D eigenvalue weighted by Crippen LogP contribution is -2.03. The molecule has 2 rings (SSSR count). The molecule has 0 amide bonds. The Balaban J connectivity index is 2.07. The van der Waals surface area contributed by atoms with Gasteiger partial charge in [0.2, 0.25) is 0 Å². The normalized spacial score (nSPS) is 10.2. The van der Waals surface area contributed by atoms with Gasteiger partial charge in [-0.05, 0) is 31.2 Å². The molecule has 4 nitrogen and oxygen atoms in total. The van der Waals surface area contributed by atoms with Gasteiger partial charge in [0.1, 0.15) is 16.6 Å². The van der Waals surface area contributed by atoms with Gasteiger partial charge in [0.25, 0.3) is 0 Å². The predicted octanol–water partition coefficient (Wildman–Crippen LogP) is 2.76. The molecule has 0 aromatic carbocycles. The fourth-order valence-electron chi connectivity index (χ4n) is 1.40. The SMILES string of the molecule is Cc1ccc(O)c(CNc2ccc(Cl)nc2)n1. The molecule has 88 valence electrons. The molecule has 0 unspecified atom stereocenters. The molecule has 0 saturated heterocycles. The zero-order chi connectivity index (χ0) is 12.3. The van der Waals surface area contributed by atoms with Crippen molar-refractivity contribution in [3.05, 3.63) is 47.0 Å². The van der Waals surface area contributed by atoms with E-state index in [1.807, 2.05) is 13.0 Å². The van der Waals surface area contributed by atoms with E-state index in [9.17, 15) is 5.11 Å². The second-order valence-corrected chi connectivity index (χ2v) is 4.03. The molecule has 0 aliphatic carbocycles. The third-order valence-electron chi connectivity index (χ3n) is 2.28. The van der Waals surface area contributed by atoms with Gasteiger partial charge in [0, 0.05) is 5.69 Å². The molecule has 17 heavy (non-hydrogen) atoms. The maximum Gasteiger partial charge on any atom is 0.138 e. The summed E-state index contributed by atoms with van der Waals surface area (Å²) in [6, 6.07) is 6.93. The lowest BCUT2D eigenvalue weighted by atomic mass is 10.3. The van der Waals surface area contributed by atoms with E-state index in [-0.39, 0.29) is 5.75 Å². The molecule has 0 aliphatic heterocycles. The lowest BCUT2D eigenvalue weighted by Gasteiger charge is -2.07. The van der Waals surface area contributed by atoms with Gasteiger partial charge in [-0.1, -0.05) is 11.6 Å². The summed E-state index contributed by atoms with van der Waals surface area (Å²) in [5, 5.41) is 13.2. The van der Waals surface area contributed by atoms with Crippen molar-refractivity contribution in [1.29, 1.82) is 0 Å². The fraction of sp³-hybridized carbons (Fsp3) is 0.167. The Bertz CT molecular complexity index is 514. The van der Waals surface area contributed by atoms with Crippen LogP contribution in [0.15, 0.2) is 30.5 Å². The van der Waals surface area contributed by atoms with Crippen molar-refractivity contribution in [1.82, 2.24) is 9.97 Å². The summed E-state index contributed by atoms with van der Waals surface area (Å²) in [5.74, 6) is 0.185. The first-order chi connectivity index (χ1) is 8.15. The molecule has 2 heterocycles. The average molecular weight is 250 g/mol. The number of halogens is 1. The number of anilines is 1. The molecule has 0 bridgehead atoms. The van der Waals surface area contributed by atoms with Crippen molar-refractivity contribution in [3.63, 3.8) is 0 Å². The number of aromatic hydroxyl groups is 1. The van der Waals surface area contributed by atoms with Crippen molar-refractivity contribution in [3.8, 4) is 5.75 Å². The van der Waals surface area contributed by atoms with Crippen molar-refractivity contribution in [2.24, 2.45) is 0 Å². The molecule has 2 N–H and O–H groups in total. The van der Waals surface area contributed by atoms with Crippen molar-refractivity contribution in [2.45, 2.75) is 13.5 Å². The number of aromatic nitrogens is 2. The Hall–Kier alpha value is -1.81. The summed E-state index contributed by atoms with van der Waals surface area (Å²) < 4.78 is 0. The Morgan fingerprint density at radius 1 is 1.29 bits per heavy atom. The van der Waals surface area contributed by atoms with Crippen LogP contribution in [-0.2, 0) is 6.54 Å². The lowest BCUT2D eigenvalue weighted by molar-refractivity contribution is 0.464. The third kappa shape index (κ3) is 3.07. The summed E-state index contributed by atoms with van der Waals surface area (Å²) in [6.45, 7) is 2.32. The zero-order valence-electron chi connectivity index (χ0n) is 9.31. The van der Waals surface area contributed by atoms with Gasteiger partial charge in [-0.2, -0.15) is 0 Å². The molecule has 0 spiro atoms. The zero-order valence-corrected chi connectivity index (χ0v) is 10.1. The molecular formula is C12H12ClN3O. The second-order valence-electron chi connectivity index (χ2n) is 3.64. The van der Waals surface area contributed by atoms with E-state index in [0.717, 1.165) is 11.4 Å². The number of nitrogens with zero attached hydrogens (tertiary/aromatic N) is 2. The molecule has 0 saturated carbocycles. The van der Waals surface area contributed by atoms with E-state index in [2.05, 4.69) is 15.3 Å². The minimum Gasteiger partial charge on any atom is -0.506 e. The standard InChI is InChI=1S/C12H12ClN3O/c1-8-2-4-11(17)10(16-8)7-14-9-3-5-12(13)15-6-9/h2-6,14,17H,7H2,1H3. The second kappa shape index (κ2) is 5.01. The van der Waals surface area contributed by atoms with Gasteiger partial charge in [0.05, 0.1) is 18.4 Å². The van der Waals surface area contributed by atoms with Crippen LogP contribution in [-0.4, -0.2) is 15.1 Å². The highest BCUT2D eigenvalue weighted by atomic mass is 35.5. The number of pyridine rings is 2. The van der Waals surface area contributed by atoms with Crippen LogP contribution in [0.3, 0.4) is 0 Å². The highest BCUT2D eigenvalue weighted by Gasteiger charge is 2.03. The first-order valence-corrected chi connectivity index (χ1v) is 5.54. The molecule has 0 aliphatic rings. The van der Waals surface area contributed by atoms with Crippen LogP contribution in [0.4, 0.5) is 5.69 Å². The van der Waals surface area contributed by atoms with Crippen LogP contribution in [0.5, 0.6) is 5.75 Å². The number of nitrogens with one attached hydrogen (secondary N) is 1. The third-order valence-corrected chi connectivity index (χ3v) is 2.50. The van der Waals surface area contributed by atoms with E-state index >= 15 is 0 Å². The smallest absolute Gasteiger partial charge is 0.138 e. The van der Waals surface area contributed by atoms with Crippen molar-refractivity contribution < 1.29 is 5.11 Å². The maximum absolute atomic E-state index is 9.62. The van der Waals surface area contributed by atoms with Gasteiger partial charge >= 0.3 is 0 Å². The molecule has 2 aromatic heterocycles. The Morgan fingerprint density at radius 2 is 2.12 bits per heavy atom. The average Bonchev–Trinajstić information content (AvgIpc) is 2.32. The maximum atomic E-state index is 9.62. The summed E-state index contributed by atoms with van der Waals surface area (Å²) >= 11 is 5.68. The van der Waals surface area contributed by atoms with Gasteiger partial charge in [0.15, 0.2) is 0 Å². The van der Waals surface area contributed by atoms with Crippen LogP contribution < -0.4 is 5.32 Å². The van der Waals surface area contributed by atoms with Gasteiger partial charge < -0.3 is 10.4 Å². The van der Waals surface area contributed by atoms with Crippen LogP contribution >= 0.6 is 11.6 Å². The quantitative estimate of drug-likeness (QED) is 0.822. The molecule has 0 radical (unpaired) electrons. The fourth-order valence-corrected chi connectivity index (χ4v) is 1.51. The van der Waals surface area contributed by atoms with Crippen LogP contribution in [0.25, 0.3) is 0 Å². The van der Waals surface area contributed by atoms with Crippen LogP contribution in [0.2, 0.25) is 5.15 Å². The minimum atomic E-state index is 0.185. The van der Waals surface area contributed by atoms with Gasteiger partial charge in [-0.25, -0.2) is 4.98 Å².